The summed E-state index contributed by atoms with van der Waals surface area (Å²) in [7, 11) is 0. The average Bonchev–Trinajstić information content (AvgIpc) is 2.75. The SMILES string of the molecule is CCC(=O)N1CCc2ccc(O[C@H](CC)C(=O)NC(C)C)cc2[C@H]1c1cccc(C)c1. The second-order valence-corrected chi connectivity index (χ2v) is 8.55. The quantitative estimate of drug-likeness (QED) is 0.712. The van der Waals surface area contributed by atoms with E-state index in [0.717, 1.165) is 23.1 Å². The van der Waals surface area contributed by atoms with Crippen LogP contribution < -0.4 is 10.1 Å². The number of nitrogens with zero attached hydrogens (tertiary/aromatic N) is 1. The number of amides is 2. The fraction of sp³-hybridized carbons (Fsp3) is 0.462. The summed E-state index contributed by atoms with van der Waals surface area (Å²) in [4.78, 5) is 27.3. The Morgan fingerprint density at radius 1 is 1.16 bits per heavy atom. The monoisotopic (exact) mass is 422 g/mol. The molecule has 2 aromatic rings. The molecule has 1 N–H and O–H groups in total. The number of ether oxygens (including phenoxy) is 1. The molecule has 0 unspecified atom stereocenters. The van der Waals surface area contributed by atoms with Gasteiger partial charge in [-0.15, -0.1) is 0 Å². The Morgan fingerprint density at radius 3 is 2.58 bits per heavy atom. The third-order valence-corrected chi connectivity index (χ3v) is 5.70. The Morgan fingerprint density at radius 2 is 1.94 bits per heavy atom. The molecule has 1 aliphatic heterocycles. The van der Waals surface area contributed by atoms with Gasteiger partial charge in [0.1, 0.15) is 5.75 Å². The molecular formula is C26H34N2O3. The Kier molecular flexibility index (Phi) is 7.37. The van der Waals surface area contributed by atoms with E-state index in [-0.39, 0.29) is 23.9 Å². The van der Waals surface area contributed by atoms with Gasteiger partial charge in [0.25, 0.3) is 5.91 Å². The van der Waals surface area contributed by atoms with Crippen LogP contribution in [0.3, 0.4) is 0 Å². The number of rotatable bonds is 7. The van der Waals surface area contributed by atoms with Crippen molar-refractivity contribution in [1.29, 1.82) is 0 Å². The lowest BCUT2D eigenvalue weighted by atomic mass is 9.87. The van der Waals surface area contributed by atoms with Crippen LogP contribution in [0.5, 0.6) is 5.75 Å². The molecule has 2 aromatic carbocycles. The van der Waals surface area contributed by atoms with Gasteiger partial charge < -0.3 is 15.0 Å². The highest BCUT2D eigenvalue weighted by Gasteiger charge is 2.32. The first-order valence-electron chi connectivity index (χ1n) is 11.3. The fourth-order valence-corrected chi connectivity index (χ4v) is 4.20. The number of carbonyl (C=O) groups is 2. The maximum Gasteiger partial charge on any atom is 0.261 e. The Hall–Kier alpha value is -2.82. The third kappa shape index (κ3) is 5.27. The van der Waals surface area contributed by atoms with Gasteiger partial charge in [0, 0.05) is 19.0 Å². The van der Waals surface area contributed by atoms with E-state index in [1.807, 2.05) is 50.8 Å². The van der Waals surface area contributed by atoms with Gasteiger partial charge in [-0.2, -0.15) is 0 Å². The lowest BCUT2D eigenvalue weighted by Crippen LogP contribution is -2.41. The highest BCUT2D eigenvalue weighted by atomic mass is 16.5. The highest BCUT2D eigenvalue weighted by Crippen LogP contribution is 2.38. The van der Waals surface area contributed by atoms with Crippen LogP contribution in [-0.4, -0.2) is 35.4 Å². The topological polar surface area (TPSA) is 58.6 Å². The van der Waals surface area contributed by atoms with Crippen molar-refractivity contribution in [3.8, 4) is 5.75 Å². The Bertz CT molecular complexity index is 938. The Balaban J connectivity index is 1.98. The smallest absolute Gasteiger partial charge is 0.261 e. The second-order valence-electron chi connectivity index (χ2n) is 8.55. The average molecular weight is 423 g/mol. The van der Waals surface area contributed by atoms with E-state index in [0.29, 0.717) is 25.1 Å². The molecule has 0 radical (unpaired) electrons. The predicted molar refractivity (Wildman–Crippen MR) is 123 cm³/mol. The van der Waals surface area contributed by atoms with Gasteiger partial charge in [-0.3, -0.25) is 9.59 Å². The third-order valence-electron chi connectivity index (χ3n) is 5.70. The molecule has 0 spiro atoms. The first-order chi connectivity index (χ1) is 14.8. The lowest BCUT2D eigenvalue weighted by molar-refractivity contribution is -0.133. The van der Waals surface area contributed by atoms with Crippen LogP contribution in [0.25, 0.3) is 0 Å². The van der Waals surface area contributed by atoms with Crippen LogP contribution in [0.2, 0.25) is 0 Å². The fourth-order valence-electron chi connectivity index (χ4n) is 4.20. The molecule has 0 aromatic heterocycles. The van der Waals surface area contributed by atoms with Gasteiger partial charge in [-0.25, -0.2) is 0 Å². The summed E-state index contributed by atoms with van der Waals surface area (Å²) in [5.74, 6) is 0.701. The summed E-state index contributed by atoms with van der Waals surface area (Å²) in [5.41, 5.74) is 4.57. The number of benzene rings is 2. The van der Waals surface area contributed by atoms with Gasteiger partial charge in [-0.1, -0.05) is 49.7 Å². The van der Waals surface area contributed by atoms with E-state index in [1.54, 1.807) is 0 Å². The minimum absolute atomic E-state index is 0.0630. The highest BCUT2D eigenvalue weighted by molar-refractivity contribution is 5.81. The van der Waals surface area contributed by atoms with E-state index < -0.39 is 6.10 Å². The van der Waals surface area contributed by atoms with Crippen molar-refractivity contribution in [2.24, 2.45) is 0 Å². The molecule has 31 heavy (non-hydrogen) atoms. The zero-order valence-corrected chi connectivity index (χ0v) is 19.3. The molecule has 0 bridgehead atoms. The summed E-state index contributed by atoms with van der Waals surface area (Å²) in [6.45, 7) is 10.5. The molecule has 0 fully saturated rings. The van der Waals surface area contributed by atoms with Crippen molar-refractivity contribution in [3.63, 3.8) is 0 Å². The number of nitrogens with one attached hydrogen (secondary N) is 1. The standard InChI is InChI=1S/C26H34N2O3/c1-6-23(26(30)27-17(3)4)31-21-12-11-19-13-14-28(24(29)7-2)25(22(19)16-21)20-10-8-9-18(5)15-20/h8-12,15-17,23,25H,6-7,13-14H2,1-5H3,(H,27,30)/t23-,25-/m1/s1. The maximum atomic E-state index is 12.8. The van der Waals surface area contributed by atoms with E-state index in [9.17, 15) is 9.59 Å². The minimum Gasteiger partial charge on any atom is -0.481 e. The van der Waals surface area contributed by atoms with Crippen LogP contribution >= 0.6 is 0 Å². The normalized spacial score (nSPS) is 16.6. The van der Waals surface area contributed by atoms with E-state index in [4.69, 9.17) is 4.74 Å². The predicted octanol–water partition coefficient (Wildman–Crippen LogP) is 4.56. The lowest BCUT2D eigenvalue weighted by Gasteiger charge is -2.38. The van der Waals surface area contributed by atoms with Crippen LogP contribution in [-0.2, 0) is 16.0 Å². The largest absolute Gasteiger partial charge is 0.481 e. The molecule has 3 rings (SSSR count). The molecule has 5 nitrogen and oxygen atoms in total. The first kappa shape index (κ1) is 22.9. The molecule has 0 saturated carbocycles. The van der Waals surface area contributed by atoms with Gasteiger partial charge in [0.2, 0.25) is 5.91 Å². The number of carbonyl (C=O) groups excluding carboxylic acids is 2. The van der Waals surface area contributed by atoms with E-state index in [2.05, 4.69) is 36.5 Å². The number of fused-ring (bicyclic) bond motifs is 1. The molecule has 0 saturated heterocycles. The zero-order valence-electron chi connectivity index (χ0n) is 19.3. The van der Waals surface area contributed by atoms with Crippen LogP contribution in [0.15, 0.2) is 42.5 Å². The molecular weight excluding hydrogens is 388 g/mol. The second kappa shape index (κ2) is 9.99. The molecule has 0 aliphatic carbocycles. The first-order valence-corrected chi connectivity index (χ1v) is 11.3. The van der Waals surface area contributed by atoms with Crippen molar-refractivity contribution in [2.45, 2.75) is 72.1 Å². The van der Waals surface area contributed by atoms with Crippen molar-refractivity contribution in [2.75, 3.05) is 6.54 Å². The van der Waals surface area contributed by atoms with E-state index in [1.165, 1.54) is 5.56 Å². The van der Waals surface area contributed by atoms with E-state index >= 15 is 0 Å². The minimum atomic E-state index is -0.546. The van der Waals surface area contributed by atoms with Crippen molar-refractivity contribution >= 4 is 11.8 Å². The van der Waals surface area contributed by atoms with Crippen LogP contribution in [0.1, 0.15) is 68.8 Å². The summed E-state index contributed by atoms with van der Waals surface area (Å²) in [6.07, 6.45) is 1.32. The Labute approximate surface area is 185 Å². The summed E-state index contributed by atoms with van der Waals surface area (Å²) >= 11 is 0. The zero-order chi connectivity index (χ0) is 22.5. The van der Waals surface area contributed by atoms with Crippen molar-refractivity contribution in [1.82, 2.24) is 10.2 Å². The molecule has 1 heterocycles. The summed E-state index contributed by atoms with van der Waals surface area (Å²) in [5, 5.41) is 2.93. The van der Waals surface area contributed by atoms with Gasteiger partial charge in [0.05, 0.1) is 6.04 Å². The molecule has 2 atom stereocenters. The summed E-state index contributed by atoms with van der Waals surface area (Å²) in [6, 6.07) is 14.3. The number of hydrogen-bond acceptors (Lipinski definition) is 3. The van der Waals surface area contributed by atoms with Gasteiger partial charge in [0.15, 0.2) is 6.10 Å². The number of hydrogen-bond donors (Lipinski definition) is 1. The van der Waals surface area contributed by atoms with Crippen molar-refractivity contribution < 1.29 is 14.3 Å². The summed E-state index contributed by atoms with van der Waals surface area (Å²) < 4.78 is 6.11. The van der Waals surface area contributed by atoms with Gasteiger partial charge in [-0.05, 0) is 62.4 Å². The van der Waals surface area contributed by atoms with Gasteiger partial charge >= 0.3 is 0 Å². The molecule has 5 heteroatoms. The molecule has 2 amide bonds. The van der Waals surface area contributed by atoms with Crippen LogP contribution in [0.4, 0.5) is 0 Å². The number of aryl methyl sites for hydroxylation is 1. The van der Waals surface area contributed by atoms with Crippen LogP contribution in [0, 0.1) is 6.92 Å². The molecule has 166 valence electrons. The maximum absolute atomic E-state index is 12.8. The van der Waals surface area contributed by atoms with Crippen molar-refractivity contribution in [3.05, 3.63) is 64.7 Å². The molecule has 1 aliphatic rings.